The molecule has 0 aliphatic carbocycles. The fraction of sp³-hybridized carbons (Fsp3) is 0.529. The average molecular weight is 381 g/mol. The Balaban J connectivity index is 2.52. The van der Waals surface area contributed by atoms with Crippen LogP contribution >= 0.6 is 11.3 Å². The van der Waals surface area contributed by atoms with Crippen molar-refractivity contribution in [1.82, 2.24) is 14.9 Å². The summed E-state index contributed by atoms with van der Waals surface area (Å²) in [5, 5.41) is 9.80. The topological polar surface area (TPSA) is 102 Å². The lowest BCUT2D eigenvalue weighted by Crippen LogP contribution is -2.38. The quantitative estimate of drug-likeness (QED) is 0.749. The second kappa shape index (κ2) is 8.41. The van der Waals surface area contributed by atoms with Gasteiger partial charge in [-0.25, -0.2) is 4.98 Å². The highest BCUT2D eigenvalue weighted by molar-refractivity contribution is 7.20. The molecule has 26 heavy (non-hydrogen) atoms. The lowest BCUT2D eigenvalue weighted by molar-refractivity contribution is -0.137. The average Bonchev–Trinajstić information content (AvgIpc) is 2.89. The second-order valence-corrected chi connectivity index (χ2v) is 7.29. The number of hydrogen-bond acceptors (Lipinski definition) is 7. The van der Waals surface area contributed by atoms with E-state index in [2.05, 4.69) is 9.97 Å². The first-order valence-corrected chi connectivity index (χ1v) is 8.94. The molecular formula is C17H23N3O5S. The Bertz CT molecular complexity index is 818. The van der Waals surface area contributed by atoms with Gasteiger partial charge in [0.15, 0.2) is 5.82 Å². The van der Waals surface area contributed by atoms with Crippen LogP contribution in [0, 0.1) is 12.8 Å². The molecule has 0 saturated carbocycles. The third-order valence-corrected chi connectivity index (χ3v) is 4.84. The molecular weight excluding hydrogens is 358 g/mol. The van der Waals surface area contributed by atoms with Gasteiger partial charge in [0.2, 0.25) is 5.88 Å². The fourth-order valence-electron chi connectivity index (χ4n) is 2.66. The minimum atomic E-state index is -1.04. The summed E-state index contributed by atoms with van der Waals surface area (Å²) in [5.41, 5.74) is 0.690. The van der Waals surface area contributed by atoms with Gasteiger partial charge in [0.25, 0.3) is 5.91 Å². The number of carbonyl (C=O) groups excluding carboxylic acids is 1. The summed E-state index contributed by atoms with van der Waals surface area (Å²) < 4.78 is 10.4. The van der Waals surface area contributed by atoms with Crippen LogP contribution in [0.1, 0.15) is 34.9 Å². The normalized spacial score (nSPS) is 11.2. The van der Waals surface area contributed by atoms with Gasteiger partial charge in [0.05, 0.1) is 17.4 Å². The van der Waals surface area contributed by atoms with Crippen molar-refractivity contribution in [2.24, 2.45) is 5.92 Å². The van der Waals surface area contributed by atoms with Crippen molar-refractivity contribution in [3.63, 3.8) is 0 Å². The van der Waals surface area contributed by atoms with E-state index in [9.17, 15) is 9.59 Å². The molecule has 0 aliphatic rings. The maximum Gasteiger partial charge on any atom is 0.323 e. The maximum atomic E-state index is 13.0. The van der Waals surface area contributed by atoms with Crippen molar-refractivity contribution >= 4 is 33.4 Å². The summed E-state index contributed by atoms with van der Waals surface area (Å²) >= 11 is 1.21. The van der Waals surface area contributed by atoms with Crippen LogP contribution in [-0.2, 0) is 16.1 Å². The smallest absolute Gasteiger partial charge is 0.323 e. The first kappa shape index (κ1) is 20.1. The van der Waals surface area contributed by atoms with Gasteiger partial charge in [-0.1, -0.05) is 13.8 Å². The van der Waals surface area contributed by atoms with E-state index in [0.29, 0.717) is 38.9 Å². The number of ether oxygens (including phenoxy) is 2. The molecule has 2 heterocycles. The number of aliphatic carboxylic acids is 1. The largest absolute Gasteiger partial charge is 0.480 e. The Morgan fingerprint density at radius 1 is 1.27 bits per heavy atom. The van der Waals surface area contributed by atoms with Gasteiger partial charge in [-0.3, -0.25) is 9.59 Å². The number of rotatable bonds is 8. The third-order valence-electron chi connectivity index (χ3n) is 3.66. The Morgan fingerprint density at radius 2 is 1.96 bits per heavy atom. The van der Waals surface area contributed by atoms with Gasteiger partial charge in [0, 0.05) is 13.7 Å². The molecule has 2 aromatic heterocycles. The molecule has 0 unspecified atom stereocenters. The van der Waals surface area contributed by atoms with Crippen LogP contribution in [0.3, 0.4) is 0 Å². The third kappa shape index (κ3) is 4.28. The molecule has 0 saturated heterocycles. The van der Waals surface area contributed by atoms with Gasteiger partial charge >= 0.3 is 5.97 Å². The number of methoxy groups -OCH3 is 2. The number of nitrogens with zero attached hydrogens (tertiary/aromatic N) is 3. The Kier molecular flexibility index (Phi) is 6.49. The summed E-state index contributed by atoms with van der Waals surface area (Å²) in [4.78, 5) is 35.3. The molecule has 2 aromatic rings. The maximum absolute atomic E-state index is 13.0. The van der Waals surface area contributed by atoms with Gasteiger partial charge in [-0.2, -0.15) is 4.98 Å². The van der Waals surface area contributed by atoms with Gasteiger partial charge in [-0.05, 0) is 18.4 Å². The van der Waals surface area contributed by atoms with Crippen LogP contribution in [0.4, 0.5) is 0 Å². The first-order valence-electron chi connectivity index (χ1n) is 8.12. The van der Waals surface area contributed by atoms with E-state index in [1.165, 1.54) is 23.3 Å². The Labute approximate surface area is 155 Å². The summed E-state index contributed by atoms with van der Waals surface area (Å²) in [5.74, 6) is -0.379. The summed E-state index contributed by atoms with van der Waals surface area (Å²) in [6, 6.07) is 0. The highest BCUT2D eigenvalue weighted by Gasteiger charge is 2.26. The van der Waals surface area contributed by atoms with Crippen molar-refractivity contribution in [2.45, 2.75) is 27.4 Å². The van der Waals surface area contributed by atoms with Crippen molar-refractivity contribution in [2.75, 3.05) is 27.3 Å². The minimum Gasteiger partial charge on any atom is -0.480 e. The molecule has 8 nitrogen and oxygen atoms in total. The number of carbonyl (C=O) groups is 2. The van der Waals surface area contributed by atoms with E-state index in [0.717, 1.165) is 0 Å². The molecule has 0 bridgehead atoms. The number of aromatic nitrogens is 2. The molecule has 0 radical (unpaired) electrons. The lowest BCUT2D eigenvalue weighted by atomic mass is 10.1. The number of thiophene rings is 1. The van der Waals surface area contributed by atoms with Crippen LogP contribution < -0.4 is 4.74 Å². The van der Waals surface area contributed by atoms with Crippen LogP contribution in [0.15, 0.2) is 0 Å². The highest BCUT2D eigenvalue weighted by Crippen LogP contribution is 2.35. The number of hydrogen-bond donors (Lipinski definition) is 1. The van der Waals surface area contributed by atoms with Crippen LogP contribution in [0.2, 0.25) is 0 Å². The molecule has 0 aromatic carbocycles. The zero-order valence-corrected chi connectivity index (χ0v) is 16.3. The lowest BCUT2D eigenvalue weighted by Gasteiger charge is -2.22. The predicted octanol–water partition coefficient (Wildman–Crippen LogP) is 2.34. The molecule has 1 N–H and O–H groups in total. The van der Waals surface area contributed by atoms with E-state index in [4.69, 9.17) is 14.6 Å². The molecule has 2 rings (SSSR count). The molecule has 0 spiro atoms. The van der Waals surface area contributed by atoms with E-state index in [1.807, 2.05) is 13.8 Å². The minimum absolute atomic E-state index is 0.149. The van der Waals surface area contributed by atoms with E-state index in [1.54, 1.807) is 14.0 Å². The second-order valence-electron chi connectivity index (χ2n) is 6.29. The highest BCUT2D eigenvalue weighted by atomic mass is 32.1. The standard InChI is InChI=1S/C17H23N3O5S/c1-9(2)6-20(7-12(21)22)17(23)14-10(3)13-15(25-5)18-11(8-24-4)19-16(13)26-14/h9H,6-8H2,1-5H3,(H,21,22). The summed E-state index contributed by atoms with van der Waals surface area (Å²) in [6.07, 6.45) is 0. The molecule has 0 fully saturated rings. The zero-order chi connectivity index (χ0) is 19.4. The van der Waals surface area contributed by atoms with E-state index in [-0.39, 0.29) is 25.0 Å². The van der Waals surface area contributed by atoms with Gasteiger partial charge in [0.1, 0.15) is 18.0 Å². The number of amides is 1. The number of carboxylic acid groups (broad SMARTS) is 1. The number of fused-ring (bicyclic) bond motifs is 1. The molecule has 9 heteroatoms. The Hall–Kier alpha value is -2.26. The van der Waals surface area contributed by atoms with Crippen molar-refractivity contribution < 1.29 is 24.2 Å². The van der Waals surface area contributed by atoms with E-state index < -0.39 is 5.97 Å². The van der Waals surface area contributed by atoms with Gasteiger partial charge in [-0.15, -0.1) is 11.3 Å². The molecule has 1 amide bonds. The zero-order valence-electron chi connectivity index (χ0n) is 15.5. The number of aryl methyl sites for hydroxylation is 1. The predicted molar refractivity (Wildman–Crippen MR) is 97.8 cm³/mol. The van der Waals surface area contributed by atoms with Crippen molar-refractivity contribution in [3.05, 3.63) is 16.3 Å². The summed E-state index contributed by atoms with van der Waals surface area (Å²) in [6.45, 7) is 5.91. The summed E-state index contributed by atoms with van der Waals surface area (Å²) in [7, 11) is 3.05. The molecule has 142 valence electrons. The fourth-order valence-corrected chi connectivity index (χ4v) is 3.81. The first-order chi connectivity index (χ1) is 12.3. The van der Waals surface area contributed by atoms with E-state index >= 15 is 0 Å². The Morgan fingerprint density at radius 3 is 2.50 bits per heavy atom. The van der Waals surface area contributed by atoms with Gasteiger partial charge < -0.3 is 19.5 Å². The monoisotopic (exact) mass is 381 g/mol. The van der Waals surface area contributed by atoms with Crippen LogP contribution in [-0.4, -0.2) is 59.2 Å². The molecule has 0 atom stereocenters. The number of carboxylic acids is 1. The molecule has 0 aliphatic heterocycles. The van der Waals surface area contributed by atoms with Crippen molar-refractivity contribution in [3.8, 4) is 5.88 Å². The SMILES string of the molecule is COCc1nc(OC)c2c(C)c(C(=O)N(CC(=O)O)CC(C)C)sc2n1. The van der Waals surface area contributed by atoms with Crippen LogP contribution in [0.5, 0.6) is 5.88 Å². The van der Waals surface area contributed by atoms with Crippen LogP contribution in [0.25, 0.3) is 10.2 Å². The van der Waals surface area contributed by atoms with Crippen molar-refractivity contribution in [1.29, 1.82) is 0 Å².